The van der Waals surface area contributed by atoms with Gasteiger partial charge in [-0.25, -0.2) is 5.01 Å². The third kappa shape index (κ3) is 4.11. The molecular weight excluding hydrogens is 444 g/mol. The first-order valence-electron chi connectivity index (χ1n) is 12.5. The second-order valence-electron chi connectivity index (χ2n) is 9.06. The van der Waals surface area contributed by atoms with Crippen LogP contribution >= 0.6 is 0 Å². The van der Waals surface area contributed by atoms with Crippen LogP contribution in [0.4, 0.5) is 11.4 Å². The van der Waals surface area contributed by atoms with E-state index in [1.807, 2.05) is 47.6 Å². The van der Waals surface area contributed by atoms with E-state index in [4.69, 9.17) is 5.10 Å². The lowest BCUT2D eigenvalue weighted by Gasteiger charge is -2.19. The zero-order valence-electron chi connectivity index (χ0n) is 20.3. The molecule has 6 aromatic rings. The van der Waals surface area contributed by atoms with Gasteiger partial charge in [-0.05, 0) is 60.5 Å². The van der Waals surface area contributed by atoms with Crippen molar-refractivity contribution in [3.8, 4) is 0 Å². The number of nitrogens with zero attached hydrogens (tertiary/aromatic N) is 5. The van der Waals surface area contributed by atoms with Crippen LogP contribution in [-0.4, -0.2) is 26.2 Å². The molecule has 0 saturated carbocycles. The van der Waals surface area contributed by atoms with Crippen molar-refractivity contribution in [3.05, 3.63) is 96.6 Å². The molecule has 6 rings (SSSR count). The highest BCUT2D eigenvalue weighted by Crippen LogP contribution is 2.31. The van der Waals surface area contributed by atoms with E-state index in [1.54, 1.807) is 0 Å². The highest BCUT2D eigenvalue weighted by atomic mass is 15.5. The van der Waals surface area contributed by atoms with E-state index in [0.717, 1.165) is 34.5 Å². The topological polar surface area (TPSA) is 62.1 Å². The van der Waals surface area contributed by atoms with E-state index in [2.05, 4.69) is 81.5 Å². The standard InChI is InChI=1S/C30H28N6/c1-2-3-9-18-35-29-13-8-7-12-25(29)26-19-22(14-17-30(26)35)21-31-36(23-10-5-4-6-11-23)24-15-16-27-28(20-24)33-34-32-27/h4-8,10-17,19-21H,2-3,9,18H2,1H3,(H,32,33,34)/b31-21-. The van der Waals surface area contributed by atoms with Crippen molar-refractivity contribution in [2.45, 2.75) is 32.7 Å². The molecule has 0 saturated heterocycles. The molecule has 0 bridgehead atoms. The molecule has 4 aromatic carbocycles. The molecule has 0 aliphatic carbocycles. The minimum atomic E-state index is 0.830. The Bertz CT molecular complexity index is 1660. The van der Waals surface area contributed by atoms with E-state index in [-0.39, 0.29) is 0 Å². The Kier molecular flexibility index (Phi) is 5.91. The Morgan fingerprint density at radius 2 is 1.67 bits per heavy atom. The molecule has 36 heavy (non-hydrogen) atoms. The van der Waals surface area contributed by atoms with Crippen molar-refractivity contribution in [3.63, 3.8) is 0 Å². The molecule has 0 unspecified atom stereocenters. The van der Waals surface area contributed by atoms with Gasteiger partial charge < -0.3 is 4.57 Å². The maximum Gasteiger partial charge on any atom is 0.113 e. The molecule has 2 heterocycles. The van der Waals surface area contributed by atoms with Crippen LogP contribution in [0.1, 0.15) is 31.7 Å². The van der Waals surface area contributed by atoms with Gasteiger partial charge >= 0.3 is 0 Å². The molecule has 2 aromatic heterocycles. The van der Waals surface area contributed by atoms with Gasteiger partial charge in [0.1, 0.15) is 5.52 Å². The number of hydrogen-bond donors (Lipinski definition) is 1. The fourth-order valence-electron chi connectivity index (χ4n) is 4.85. The van der Waals surface area contributed by atoms with E-state index in [9.17, 15) is 0 Å². The predicted molar refractivity (Wildman–Crippen MR) is 149 cm³/mol. The summed E-state index contributed by atoms with van der Waals surface area (Å²) in [7, 11) is 0. The van der Waals surface area contributed by atoms with Gasteiger partial charge in [-0.15, -0.1) is 5.10 Å². The molecule has 0 radical (unpaired) electrons. The van der Waals surface area contributed by atoms with Crippen LogP contribution in [0.25, 0.3) is 32.8 Å². The average Bonchev–Trinajstić information content (AvgIpc) is 3.52. The van der Waals surface area contributed by atoms with E-state index in [0.29, 0.717) is 0 Å². The first-order valence-corrected chi connectivity index (χ1v) is 12.5. The first-order chi connectivity index (χ1) is 17.8. The van der Waals surface area contributed by atoms with Crippen LogP contribution in [0.3, 0.4) is 0 Å². The predicted octanol–water partition coefficient (Wildman–Crippen LogP) is 7.43. The smallest absolute Gasteiger partial charge is 0.113 e. The maximum atomic E-state index is 4.93. The Balaban J connectivity index is 1.40. The van der Waals surface area contributed by atoms with Gasteiger partial charge in [0.25, 0.3) is 0 Å². The summed E-state index contributed by atoms with van der Waals surface area (Å²) in [6.45, 7) is 3.29. The average molecular weight is 473 g/mol. The molecule has 0 aliphatic heterocycles. The second-order valence-corrected chi connectivity index (χ2v) is 9.06. The molecule has 6 nitrogen and oxygen atoms in total. The van der Waals surface area contributed by atoms with Gasteiger partial charge in [-0.3, -0.25) is 5.10 Å². The van der Waals surface area contributed by atoms with E-state index in [1.165, 1.54) is 41.1 Å². The summed E-state index contributed by atoms with van der Waals surface area (Å²) >= 11 is 0. The van der Waals surface area contributed by atoms with E-state index < -0.39 is 0 Å². The summed E-state index contributed by atoms with van der Waals surface area (Å²) in [5, 5.41) is 20.4. The Hall–Kier alpha value is -4.45. The number of hydrazone groups is 1. The summed E-state index contributed by atoms with van der Waals surface area (Å²) in [5.41, 5.74) is 7.26. The summed E-state index contributed by atoms with van der Waals surface area (Å²) in [6, 6.07) is 31.5. The van der Waals surface area contributed by atoms with Crippen molar-refractivity contribution in [2.75, 3.05) is 5.01 Å². The van der Waals surface area contributed by atoms with Crippen LogP contribution in [0.15, 0.2) is 96.1 Å². The zero-order chi connectivity index (χ0) is 24.3. The normalized spacial score (nSPS) is 11.8. The fourth-order valence-corrected chi connectivity index (χ4v) is 4.85. The SMILES string of the molecule is CCCCCn1c2ccccc2c2cc(/C=N\N(c3ccccc3)c3ccc4nn[nH]c4c3)ccc21. The van der Waals surface area contributed by atoms with Gasteiger partial charge in [0.05, 0.1) is 23.1 Å². The highest BCUT2D eigenvalue weighted by Gasteiger charge is 2.12. The number of aryl methyl sites for hydroxylation is 1. The lowest BCUT2D eigenvalue weighted by Crippen LogP contribution is -2.09. The summed E-state index contributed by atoms with van der Waals surface area (Å²) < 4.78 is 2.46. The Morgan fingerprint density at radius 3 is 2.56 bits per heavy atom. The number of para-hydroxylation sites is 2. The third-order valence-corrected chi connectivity index (χ3v) is 6.66. The van der Waals surface area contributed by atoms with Crippen LogP contribution < -0.4 is 5.01 Å². The van der Waals surface area contributed by atoms with Crippen molar-refractivity contribution >= 4 is 50.4 Å². The third-order valence-electron chi connectivity index (χ3n) is 6.66. The largest absolute Gasteiger partial charge is 0.340 e. The number of anilines is 2. The summed E-state index contributed by atoms with van der Waals surface area (Å²) in [4.78, 5) is 0. The molecule has 0 spiro atoms. The van der Waals surface area contributed by atoms with Crippen LogP contribution in [0.2, 0.25) is 0 Å². The van der Waals surface area contributed by atoms with Gasteiger partial charge in [0, 0.05) is 28.4 Å². The molecule has 6 heteroatoms. The number of unbranched alkanes of at least 4 members (excludes halogenated alkanes) is 2. The number of hydrogen-bond acceptors (Lipinski definition) is 4. The van der Waals surface area contributed by atoms with Gasteiger partial charge in [0.2, 0.25) is 0 Å². The lowest BCUT2D eigenvalue weighted by molar-refractivity contribution is 0.627. The van der Waals surface area contributed by atoms with Crippen LogP contribution in [0, 0.1) is 0 Å². The second kappa shape index (κ2) is 9.66. The molecule has 0 aliphatic rings. The number of rotatable bonds is 8. The van der Waals surface area contributed by atoms with Crippen molar-refractivity contribution in [2.24, 2.45) is 5.10 Å². The van der Waals surface area contributed by atoms with Crippen molar-refractivity contribution < 1.29 is 0 Å². The number of fused-ring (bicyclic) bond motifs is 4. The molecule has 178 valence electrons. The minimum absolute atomic E-state index is 0.830. The maximum absolute atomic E-state index is 4.93. The van der Waals surface area contributed by atoms with Crippen LogP contribution in [-0.2, 0) is 6.54 Å². The number of aromatic nitrogens is 4. The monoisotopic (exact) mass is 472 g/mol. The van der Waals surface area contributed by atoms with Crippen molar-refractivity contribution in [1.29, 1.82) is 0 Å². The first kappa shape index (κ1) is 22.0. The molecular formula is C30H28N6. The zero-order valence-corrected chi connectivity index (χ0v) is 20.3. The Morgan fingerprint density at radius 1 is 0.833 bits per heavy atom. The molecule has 1 N–H and O–H groups in total. The number of aromatic amines is 1. The molecule has 0 fully saturated rings. The number of nitrogens with one attached hydrogen (secondary N) is 1. The quantitative estimate of drug-likeness (QED) is 0.142. The summed E-state index contributed by atoms with van der Waals surface area (Å²) in [6.07, 6.45) is 5.59. The van der Waals surface area contributed by atoms with Gasteiger partial charge in [-0.1, -0.05) is 67.4 Å². The van der Waals surface area contributed by atoms with Crippen molar-refractivity contribution in [1.82, 2.24) is 20.0 Å². The number of benzene rings is 4. The number of H-pyrrole nitrogens is 1. The fraction of sp³-hybridized carbons (Fsp3) is 0.167. The van der Waals surface area contributed by atoms with Gasteiger partial charge in [-0.2, -0.15) is 5.10 Å². The molecule has 0 atom stereocenters. The Labute approximate surface area is 209 Å². The van der Waals surface area contributed by atoms with Crippen LogP contribution in [0.5, 0.6) is 0 Å². The minimum Gasteiger partial charge on any atom is -0.340 e. The highest BCUT2D eigenvalue weighted by molar-refractivity contribution is 6.09. The molecule has 0 amide bonds. The van der Waals surface area contributed by atoms with Gasteiger partial charge in [0.15, 0.2) is 0 Å². The lowest BCUT2D eigenvalue weighted by atomic mass is 10.1. The van der Waals surface area contributed by atoms with E-state index >= 15 is 0 Å². The summed E-state index contributed by atoms with van der Waals surface area (Å²) in [5.74, 6) is 0.